The molecule has 0 aliphatic carbocycles. The van der Waals surface area contributed by atoms with Gasteiger partial charge in [-0.15, -0.1) is 12.4 Å². The average Bonchev–Trinajstić information content (AvgIpc) is 2.70. The maximum absolute atomic E-state index is 11.9. The van der Waals surface area contributed by atoms with E-state index < -0.39 is 0 Å². The molecule has 104 valence electrons. The lowest BCUT2D eigenvalue weighted by Crippen LogP contribution is -2.34. The second-order valence-corrected chi connectivity index (χ2v) is 4.75. The van der Waals surface area contributed by atoms with Crippen LogP contribution in [0, 0.1) is 12.8 Å². The number of carbonyl (C=O) groups excluding carboxylic acids is 1. The summed E-state index contributed by atoms with van der Waals surface area (Å²) in [5.41, 5.74) is 6.29. The van der Waals surface area contributed by atoms with Gasteiger partial charge in [0.15, 0.2) is 5.69 Å². The molecule has 0 saturated heterocycles. The fraction of sp³-hybridized carbons (Fsp3) is 0.667. The van der Waals surface area contributed by atoms with Crippen molar-refractivity contribution in [2.45, 2.75) is 33.2 Å². The van der Waals surface area contributed by atoms with E-state index in [-0.39, 0.29) is 24.4 Å². The van der Waals surface area contributed by atoms with Gasteiger partial charge in [-0.05, 0) is 19.3 Å². The van der Waals surface area contributed by atoms with Crippen molar-refractivity contribution in [2.75, 3.05) is 13.6 Å². The third-order valence-corrected chi connectivity index (χ3v) is 2.85. The zero-order valence-electron chi connectivity index (χ0n) is 11.3. The number of amides is 1. The van der Waals surface area contributed by atoms with Crippen LogP contribution < -0.4 is 5.73 Å². The Morgan fingerprint density at radius 2 is 2.17 bits per heavy atom. The summed E-state index contributed by atoms with van der Waals surface area (Å²) in [4.78, 5) is 13.5. The Balaban J connectivity index is 0.00000289. The number of carbonyl (C=O) groups is 1. The average molecular weight is 276 g/mol. The normalized spacial score (nSPS) is 12.1. The predicted octanol–water partition coefficient (Wildman–Crippen LogP) is 1.85. The van der Waals surface area contributed by atoms with Crippen LogP contribution in [0.5, 0.6) is 0 Å². The second kappa shape index (κ2) is 7.38. The quantitative estimate of drug-likeness (QED) is 0.890. The first-order chi connectivity index (χ1) is 7.91. The maximum Gasteiger partial charge on any atom is 0.275 e. The third-order valence-electron chi connectivity index (χ3n) is 2.85. The maximum atomic E-state index is 11.9. The van der Waals surface area contributed by atoms with Gasteiger partial charge in [-0.3, -0.25) is 4.79 Å². The lowest BCUT2D eigenvalue weighted by Gasteiger charge is -2.20. The third kappa shape index (κ3) is 4.66. The summed E-state index contributed by atoms with van der Waals surface area (Å²) in [7, 11) is 1.75. The first kappa shape index (κ1) is 16.9. The summed E-state index contributed by atoms with van der Waals surface area (Å²) in [6.07, 6.45) is 0.788. The highest BCUT2D eigenvalue weighted by atomic mass is 35.5. The summed E-state index contributed by atoms with van der Waals surface area (Å²) >= 11 is 0. The molecule has 2 N–H and O–H groups in total. The smallest absolute Gasteiger partial charge is 0.275 e. The number of nitrogens with two attached hydrogens (primary N) is 1. The van der Waals surface area contributed by atoms with E-state index in [0.717, 1.165) is 6.42 Å². The van der Waals surface area contributed by atoms with Gasteiger partial charge in [0.2, 0.25) is 0 Å². The number of rotatable bonds is 5. The fourth-order valence-corrected chi connectivity index (χ4v) is 1.44. The van der Waals surface area contributed by atoms with Crippen molar-refractivity contribution >= 4 is 18.3 Å². The van der Waals surface area contributed by atoms with Crippen LogP contribution in [0.2, 0.25) is 0 Å². The number of hydrogen-bond acceptors (Lipinski definition) is 4. The molecule has 1 aromatic rings. The van der Waals surface area contributed by atoms with E-state index >= 15 is 0 Å². The van der Waals surface area contributed by atoms with E-state index in [2.05, 4.69) is 19.0 Å². The van der Waals surface area contributed by atoms with Crippen LogP contribution >= 0.6 is 12.4 Å². The Labute approximate surface area is 114 Å². The standard InChI is InChI=1S/C12H21N3O2.ClH/c1-8(2)10(13)5-6-15(4)12(16)11-7-9(3)17-14-11;/h7-8,10H,5-6,13H2,1-4H3;1H. The van der Waals surface area contributed by atoms with Gasteiger partial charge in [-0.1, -0.05) is 19.0 Å². The van der Waals surface area contributed by atoms with Crippen molar-refractivity contribution in [3.8, 4) is 0 Å². The minimum atomic E-state index is -0.127. The molecule has 0 aliphatic rings. The molecule has 18 heavy (non-hydrogen) atoms. The van der Waals surface area contributed by atoms with Crippen LogP contribution in [0.3, 0.4) is 0 Å². The van der Waals surface area contributed by atoms with E-state index in [1.54, 1.807) is 24.9 Å². The zero-order chi connectivity index (χ0) is 13.0. The zero-order valence-corrected chi connectivity index (χ0v) is 12.2. The Hall–Kier alpha value is -1.07. The van der Waals surface area contributed by atoms with Crippen molar-refractivity contribution in [3.63, 3.8) is 0 Å². The molecule has 1 unspecified atom stereocenters. The molecule has 0 aliphatic heterocycles. The molecular weight excluding hydrogens is 254 g/mol. The Morgan fingerprint density at radius 1 is 1.56 bits per heavy atom. The summed E-state index contributed by atoms with van der Waals surface area (Å²) in [5, 5.41) is 3.70. The van der Waals surface area contributed by atoms with E-state index in [1.165, 1.54) is 0 Å². The molecule has 0 bridgehead atoms. The van der Waals surface area contributed by atoms with Gasteiger partial charge in [0, 0.05) is 25.7 Å². The molecule has 1 rings (SSSR count). The highest BCUT2D eigenvalue weighted by Crippen LogP contribution is 2.07. The number of nitrogens with zero attached hydrogens (tertiary/aromatic N) is 2. The van der Waals surface area contributed by atoms with Gasteiger partial charge < -0.3 is 15.2 Å². The Bertz CT molecular complexity index is 379. The molecule has 0 fully saturated rings. The van der Waals surface area contributed by atoms with Gasteiger partial charge in [-0.2, -0.15) is 0 Å². The molecule has 0 spiro atoms. The molecule has 0 radical (unpaired) electrons. The highest BCUT2D eigenvalue weighted by Gasteiger charge is 2.17. The summed E-state index contributed by atoms with van der Waals surface area (Å²) in [6, 6.07) is 1.76. The van der Waals surface area contributed by atoms with Gasteiger partial charge in [0.25, 0.3) is 5.91 Å². The van der Waals surface area contributed by atoms with Crippen LogP contribution in [-0.4, -0.2) is 35.6 Å². The van der Waals surface area contributed by atoms with Crippen molar-refractivity contribution in [2.24, 2.45) is 11.7 Å². The lowest BCUT2D eigenvalue weighted by atomic mass is 10.0. The Morgan fingerprint density at radius 3 is 2.61 bits per heavy atom. The van der Waals surface area contributed by atoms with Gasteiger partial charge in [0.1, 0.15) is 5.76 Å². The van der Waals surface area contributed by atoms with E-state index in [0.29, 0.717) is 23.9 Å². The monoisotopic (exact) mass is 275 g/mol. The minimum Gasteiger partial charge on any atom is -0.361 e. The van der Waals surface area contributed by atoms with Crippen molar-refractivity contribution in [1.82, 2.24) is 10.1 Å². The summed E-state index contributed by atoms with van der Waals surface area (Å²) in [6.45, 7) is 6.55. The molecule has 6 heteroatoms. The largest absolute Gasteiger partial charge is 0.361 e. The molecule has 1 heterocycles. The first-order valence-electron chi connectivity index (χ1n) is 5.86. The second-order valence-electron chi connectivity index (χ2n) is 4.75. The van der Waals surface area contributed by atoms with Crippen LogP contribution in [-0.2, 0) is 0 Å². The van der Waals surface area contributed by atoms with Crippen molar-refractivity contribution in [1.29, 1.82) is 0 Å². The van der Waals surface area contributed by atoms with Crippen LogP contribution in [0.25, 0.3) is 0 Å². The molecule has 5 nitrogen and oxygen atoms in total. The molecule has 0 saturated carbocycles. The highest BCUT2D eigenvalue weighted by molar-refractivity contribution is 5.92. The molecule has 0 aromatic carbocycles. The SMILES string of the molecule is Cc1cc(C(=O)N(C)CCC(N)C(C)C)no1.Cl. The number of halogens is 1. The van der Waals surface area contributed by atoms with Crippen molar-refractivity contribution < 1.29 is 9.32 Å². The van der Waals surface area contributed by atoms with Crippen LogP contribution in [0.1, 0.15) is 36.5 Å². The van der Waals surface area contributed by atoms with Gasteiger partial charge in [-0.25, -0.2) is 0 Å². The minimum absolute atomic E-state index is 0. The predicted molar refractivity (Wildman–Crippen MR) is 72.9 cm³/mol. The Kier molecular flexibility index (Phi) is 6.94. The van der Waals surface area contributed by atoms with Crippen LogP contribution in [0.4, 0.5) is 0 Å². The number of aryl methyl sites for hydroxylation is 1. The summed E-state index contributed by atoms with van der Waals surface area (Å²) < 4.78 is 4.88. The molecule has 1 atom stereocenters. The molecule has 1 amide bonds. The van der Waals surface area contributed by atoms with Crippen LogP contribution in [0.15, 0.2) is 10.6 Å². The first-order valence-corrected chi connectivity index (χ1v) is 5.86. The number of hydrogen-bond donors (Lipinski definition) is 1. The van der Waals surface area contributed by atoms with E-state index in [4.69, 9.17) is 10.3 Å². The van der Waals surface area contributed by atoms with E-state index in [1.807, 2.05) is 0 Å². The van der Waals surface area contributed by atoms with E-state index in [9.17, 15) is 4.79 Å². The topological polar surface area (TPSA) is 72.4 Å². The molecule has 1 aromatic heterocycles. The van der Waals surface area contributed by atoms with Gasteiger partial charge >= 0.3 is 0 Å². The summed E-state index contributed by atoms with van der Waals surface area (Å²) in [5.74, 6) is 0.936. The number of aromatic nitrogens is 1. The fourth-order valence-electron chi connectivity index (χ4n) is 1.44. The molecular formula is C12H22ClN3O2. The van der Waals surface area contributed by atoms with Gasteiger partial charge in [0.05, 0.1) is 0 Å². The van der Waals surface area contributed by atoms with Crippen molar-refractivity contribution in [3.05, 3.63) is 17.5 Å². The lowest BCUT2D eigenvalue weighted by molar-refractivity contribution is 0.0779.